The Morgan fingerprint density at radius 3 is 2.26 bits per heavy atom. The summed E-state index contributed by atoms with van der Waals surface area (Å²) in [6, 6.07) is 0. The van der Waals surface area contributed by atoms with Crippen molar-refractivity contribution in [3.63, 3.8) is 0 Å². The van der Waals surface area contributed by atoms with Crippen molar-refractivity contribution in [3.05, 3.63) is 11.6 Å². The number of allylic oxidation sites excluding steroid dienone is 1. The molecule has 192 valence electrons. The van der Waals surface area contributed by atoms with Crippen LogP contribution in [-0.2, 0) is 9.53 Å². The summed E-state index contributed by atoms with van der Waals surface area (Å²) >= 11 is 0. The first kappa shape index (κ1) is 25.0. The van der Waals surface area contributed by atoms with Crippen molar-refractivity contribution < 1.29 is 19.7 Å². The van der Waals surface area contributed by atoms with E-state index in [4.69, 9.17) is 4.74 Å². The van der Waals surface area contributed by atoms with E-state index in [1.807, 2.05) is 19.9 Å². The van der Waals surface area contributed by atoms with Crippen molar-refractivity contribution in [1.29, 1.82) is 0 Å². The predicted octanol–water partition coefficient (Wildman–Crippen LogP) is 5.70. The van der Waals surface area contributed by atoms with Gasteiger partial charge in [-0.3, -0.25) is 4.79 Å². The number of ketones is 1. The van der Waals surface area contributed by atoms with Gasteiger partial charge in [0.15, 0.2) is 0 Å². The van der Waals surface area contributed by atoms with Crippen molar-refractivity contribution in [2.45, 2.75) is 124 Å². The molecule has 5 rings (SSSR count). The topological polar surface area (TPSA) is 70.1 Å². The first-order valence-electron chi connectivity index (χ1n) is 13.9. The Kier molecular flexibility index (Phi) is 5.44. The summed E-state index contributed by atoms with van der Waals surface area (Å²) in [7, 11) is 0. The minimum Gasteiger partial charge on any atom is -0.393 e. The number of aliphatic hydroxyl groups is 2. The van der Waals surface area contributed by atoms with Crippen LogP contribution in [0.5, 0.6) is 0 Å². The number of rotatable bonds is 3. The van der Waals surface area contributed by atoms with Gasteiger partial charge in [-0.2, -0.15) is 0 Å². The minimum absolute atomic E-state index is 0.00582. The zero-order chi connectivity index (χ0) is 25.1. The Morgan fingerprint density at radius 1 is 1.03 bits per heavy atom. The second kappa shape index (κ2) is 7.42. The van der Waals surface area contributed by atoms with Gasteiger partial charge in [-0.25, -0.2) is 0 Å². The minimum atomic E-state index is -0.560. The Morgan fingerprint density at radius 2 is 1.65 bits per heavy atom. The third kappa shape index (κ3) is 3.16. The first-order valence-corrected chi connectivity index (χ1v) is 13.9. The number of hydrogen-bond donors (Lipinski definition) is 2. The molecule has 4 nitrogen and oxygen atoms in total. The largest absolute Gasteiger partial charge is 0.393 e. The van der Waals surface area contributed by atoms with Crippen molar-refractivity contribution in [2.75, 3.05) is 0 Å². The Bertz CT molecular complexity index is 903. The summed E-state index contributed by atoms with van der Waals surface area (Å²) < 4.78 is 5.69. The van der Waals surface area contributed by atoms with Crippen LogP contribution >= 0.6 is 0 Å². The maximum atomic E-state index is 12.9. The molecule has 1 aliphatic heterocycles. The smallest absolute Gasteiger partial charge is 0.138 e. The molecule has 0 aromatic carbocycles. The third-order valence-electron chi connectivity index (χ3n) is 12.5. The van der Waals surface area contributed by atoms with Crippen molar-refractivity contribution in [1.82, 2.24) is 0 Å². The number of ether oxygens (including phenoxy) is 1. The molecule has 4 saturated carbocycles. The second-order valence-corrected chi connectivity index (χ2v) is 14.7. The van der Waals surface area contributed by atoms with Crippen molar-refractivity contribution in [3.8, 4) is 0 Å². The van der Waals surface area contributed by atoms with Crippen LogP contribution in [0.1, 0.15) is 100 Å². The van der Waals surface area contributed by atoms with Gasteiger partial charge in [0.2, 0.25) is 0 Å². The van der Waals surface area contributed by atoms with Crippen LogP contribution in [0.2, 0.25) is 0 Å². The third-order valence-corrected chi connectivity index (χ3v) is 12.5. The number of hydrogen-bond acceptors (Lipinski definition) is 4. The summed E-state index contributed by atoms with van der Waals surface area (Å²) in [5.74, 6) is 1.84. The summed E-state index contributed by atoms with van der Waals surface area (Å²) in [6.45, 7) is 18.0. The van der Waals surface area contributed by atoms with Gasteiger partial charge in [-0.1, -0.05) is 46.3 Å². The highest BCUT2D eigenvalue weighted by atomic mass is 16.6. The zero-order valence-electron chi connectivity index (χ0n) is 22.8. The van der Waals surface area contributed by atoms with Crippen LogP contribution < -0.4 is 0 Å². The van der Waals surface area contributed by atoms with E-state index in [1.165, 1.54) is 12.0 Å². The summed E-state index contributed by atoms with van der Waals surface area (Å²) in [6.07, 6.45) is 7.95. The van der Waals surface area contributed by atoms with Crippen LogP contribution in [0.15, 0.2) is 11.6 Å². The van der Waals surface area contributed by atoms with E-state index in [1.54, 1.807) is 0 Å². The molecule has 4 heteroatoms. The maximum Gasteiger partial charge on any atom is 0.138 e. The molecule has 2 N–H and O–H groups in total. The number of fused-ring (bicyclic) bond motifs is 5. The molecule has 0 aromatic heterocycles. The number of epoxide rings is 1. The summed E-state index contributed by atoms with van der Waals surface area (Å²) in [5, 5.41) is 22.6. The van der Waals surface area contributed by atoms with Gasteiger partial charge in [0, 0.05) is 11.8 Å². The van der Waals surface area contributed by atoms with E-state index in [0.29, 0.717) is 30.0 Å². The number of Topliss-reactive ketones (excluding diaryl/α,β-unsaturated/α-hetero) is 1. The van der Waals surface area contributed by atoms with Gasteiger partial charge in [0.1, 0.15) is 18.0 Å². The van der Waals surface area contributed by atoms with E-state index >= 15 is 0 Å². The van der Waals surface area contributed by atoms with Gasteiger partial charge in [0.25, 0.3) is 0 Å². The lowest BCUT2D eigenvalue weighted by Gasteiger charge is -2.70. The van der Waals surface area contributed by atoms with E-state index < -0.39 is 6.10 Å². The lowest BCUT2D eigenvalue weighted by molar-refractivity contribution is -0.236. The molecule has 5 aliphatic rings. The van der Waals surface area contributed by atoms with E-state index in [0.717, 1.165) is 32.1 Å². The Balaban J connectivity index is 1.46. The molecule has 1 saturated heterocycles. The average Bonchev–Trinajstić information content (AvgIpc) is 3.23. The molecular formula is C30H48O4. The highest BCUT2D eigenvalue weighted by Crippen LogP contribution is 2.75. The van der Waals surface area contributed by atoms with Crippen LogP contribution in [0.3, 0.4) is 0 Å². The standard InChI is InChI=1S/C30H48O4/c1-17(15-21(32)25-27(4,5)34-25)18-9-13-29(7)19(18)16-20(31)24-28(6)12-11-23(33)26(2,3)22(28)10-14-30(24,29)8/h15,18-22,24-25,31-32H,9-14,16H2,1-8H3/b17-15-/t18-,19-,20-,21+,22+,24-,25?,28+,29-,30-/m1/s1. The van der Waals surface area contributed by atoms with Gasteiger partial charge < -0.3 is 14.9 Å². The normalized spacial score (nSPS) is 52.4. The molecule has 0 bridgehead atoms. The van der Waals surface area contributed by atoms with Gasteiger partial charge in [-0.05, 0) is 99.2 Å². The van der Waals surface area contributed by atoms with Gasteiger partial charge in [-0.15, -0.1) is 0 Å². The van der Waals surface area contributed by atoms with E-state index in [9.17, 15) is 15.0 Å². The Hall–Kier alpha value is -0.710. The lowest BCUT2D eigenvalue weighted by atomic mass is 9.35. The highest BCUT2D eigenvalue weighted by molar-refractivity contribution is 5.85. The molecule has 4 aliphatic carbocycles. The summed E-state index contributed by atoms with van der Waals surface area (Å²) in [5.41, 5.74) is 0.976. The number of aliphatic hydroxyl groups excluding tert-OH is 2. The SMILES string of the molecule is C/C(=C/[C@H](O)C1OC1(C)C)[C@H]1CC[C@]2(C)[C@@H]1C[C@@H](O)[C@@H]1[C@@]3(C)CCC(=O)C(C)(C)[C@@H]3CC[C@]12C. The van der Waals surface area contributed by atoms with Crippen LogP contribution in [0.25, 0.3) is 0 Å². The van der Waals surface area contributed by atoms with E-state index in [2.05, 4.69) is 41.5 Å². The second-order valence-electron chi connectivity index (χ2n) is 14.7. The fraction of sp³-hybridized carbons (Fsp3) is 0.900. The maximum absolute atomic E-state index is 12.9. The van der Waals surface area contributed by atoms with Crippen molar-refractivity contribution >= 4 is 5.78 Å². The first-order chi connectivity index (χ1) is 15.6. The summed E-state index contributed by atoms with van der Waals surface area (Å²) in [4.78, 5) is 12.9. The molecule has 0 spiro atoms. The molecular weight excluding hydrogens is 424 g/mol. The molecule has 10 atom stereocenters. The molecule has 1 unspecified atom stereocenters. The van der Waals surface area contributed by atoms with Crippen LogP contribution in [0.4, 0.5) is 0 Å². The monoisotopic (exact) mass is 472 g/mol. The fourth-order valence-electron chi connectivity index (χ4n) is 10.4. The molecule has 5 fully saturated rings. The molecule has 0 amide bonds. The fourth-order valence-corrected chi connectivity index (χ4v) is 10.4. The molecule has 0 aromatic rings. The van der Waals surface area contributed by atoms with E-state index in [-0.39, 0.29) is 45.4 Å². The lowest BCUT2D eigenvalue weighted by Crippen LogP contribution is -2.66. The Labute approximate surface area is 206 Å². The molecule has 34 heavy (non-hydrogen) atoms. The van der Waals surface area contributed by atoms with Gasteiger partial charge in [0.05, 0.1) is 11.7 Å². The zero-order valence-corrected chi connectivity index (χ0v) is 22.8. The van der Waals surface area contributed by atoms with Gasteiger partial charge >= 0.3 is 0 Å². The van der Waals surface area contributed by atoms with Crippen LogP contribution in [0, 0.1) is 45.3 Å². The predicted molar refractivity (Wildman–Crippen MR) is 134 cm³/mol. The molecule has 0 radical (unpaired) electrons. The quantitative estimate of drug-likeness (QED) is 0.409. The average molecular weight is 473 g/mol. The highest BCUT2D eigenvalue weighted by Gasteiger charge is 2.70. The van der Waals surface area contributed by atoms with Crippen LogP contribution in [-0.4, -0.2) is 39.9 Å². The number of carbonyl (C=O) groups excluding carboxylic acids is 1. The molecule has 1 heterocycles. The van der Waals surface area contributed by atoms with Crippen molar-refractivity contribution in [2.24, 2.45) is 45.3 Å². The number of carbonyl (C=O) groups is 1.